The van der Waals surface area contributed by atoms with Crippen LogP contribution in [0.25, 0.3) is 16.7 Å². The predicted octanol–water partition coefficient (Wildman–Crippen LogP) is 1.12. The molecule has 0 unspecified atom stereocenters. The number of aromatic nitrogens is 4. The molecule has 0 spiro atoms. The fourth-order valence-corrected chi connectivity index (χ4v) is 1.72. The van der Waals surface area contributed by atoms with Gasteiger partial charge in [-0.25, -0.2) is 9.67 Å². The van der Waals surface area contributed by atoms with Gasteiger partial charge in [0, 0.05) is 0 Å². The first kappa shape index (κ1) is 10.5. The van der Waals surface area contributed by atoms with Gasteiger partial charge in [-0.05, 0) is 24.3 Å². The first-order valence-corrected chi connectivity index (χ1v) is 5.35. The quantitative estimate of drug-likeness (QED) is 0.730. The Bertz CT molecular complexity index is 743. The Morgan fingerprint density at radius 1 is 1.28 bits per heavy atom. The van der Waals surface area contributed by atoms with Crippen LogP contribution in [-0.2, 0) is 0 Å². The zero-order valence-electron chi connectivity index (χ0n) is 9.62. The summed E-state index contributed by atoms with van der Waals surface area (Å²) in [6.45, 7) is 0. The summed E-state index contributed by atoms with van der Waals surface area (Å²) >= 11 is 0. The van der Waals surface area contributed by atoms with Crippen molar-refractivity contribution in [3.8, 4) is 11.4 Å². The Morgan fingerprint density at radius 2 is 2.06 bits per heavy atom. The predicted molar refractivity (Wildman–Crippen MR) is 66.0 cm³/mol. The Hall–Kier alpha value is -2.63. The van der Waals surface area contributed by atoms with E-state index in [0.717, 1.165) is 11.4 Å². The largest absolute Gasteiger partial charge is 0.497 e. The Morgan fingerprint density at radius 3 is 2.72 bits per heavy atom. The number of nitrogens with zero attached hydrogens (tertiary/aromatic N) is 3. The second-order valence-corrected chi connectivity index (χ2v) is 3.74. The normalized spacial score (nSPS) is 10.7. The van der Waals surface area contributed by atoms with Crippen LogP contribution < -0.4 is 10.3 Å². The molecule has 6 nitrogen and oxygen atoms in total. The smallest absolute Gasteiger partial charge is 0.279 e. The highest BCUT2D eigenvalue weighted by atomic mass is 16.5. The lowest BCUT2D eigenvalue weighted by Gasteiger charge is -2.02. The topological polar surface area (TPSA) is 72.8 Å². The zero-order valence-corrected chi connectivity index (χ0v) is 9.62. The molecule has 0 aliphatic heterocycles. The summed E-state index contributed by atoms with van der Waals surface area (Å²) in [5, 5.41) is 4.21. The number of rotatable bonds is 2. The number of methoxy groups -OCH3 is 1. The highest BCUT2D eigenvalue weighted by Crippen LogP contribution is 2.15. The van der Waals surface area contributed by atoms with Gasteiger partial charge in [-0.3, -0.25) is 4.79 Å². The summed E-state index contributed by atoms with van der Waals surface area (Å²) in [7, 11) is 1.61. The van der Waals surface area contributed by atoms with Crippen LogP contribution in [0.2, 0.25) is 0 Å². The van der Waals surface area contributed by atoms with E-state index < -0.39 is 0 Å². The van der Waals surface area contributed by atoms with Crippen molar-refractivity contribution in [2.75, 3.05) is 7.11 Å². The van der Waals surface area contributed by atoms with E-state index in [9.17, 15) is 4.79 Å². The number of hydrogen-bond donors (Lipinski definition) is 1. The first-order valence-electron chi connectivity index (χ1n) is 5.35. The van der Waals surface area contributed by atoms with Crippen LogP contribution >= 0.6 is 0 Å². The Balaban J connectivity index is 2.13. The summed E-state index contributed by atoms with van der Waals surface area (Å²) in [6.07, 6.45) is 3.08. The van der Waals surface area contributed by atoms with E-state index in [0.29, 0.717) is 11.0 Å². The molecule has 3 rings (SSSR count). The van der Waals surface area contributed by atoms with Crippen LogP contribution in [0, 0.1) is 0 Å². The van der Waals surface area contributed by atoms with Gasteiger partial charge in [-0.2, -0.15) is 5.10 Å². The summed E-state index contributed by atoms with van der Waals surface area (Å²) in [6, 6.07) is 7.39. The highest BCUT2D eigenvalue weighted by Gasteiger charge is 2.06. The van der Waals surface area contributed by atoms with Crippen molar-refractivity contribution in [2.24, 2.45) is 0 Å². The number of nitrogens with one attached hydrogen (secondary N) is 1. The van der Waals surface area contributed by atoms with Gasteiger partial charge in [-0.1, -0.05) is 0 Å². The van der Waals surface area contributed by atoms with Crippen molar-refractivity contribution in [1.82, 2.24) is 19.7 Å². The van der Waals surface area contributed by atoms with E-state index in [1.165, 1.54) is 6.33 Å². The summed E-state index contributed by atoms with van der Waals surface area (Å²) in [5.74, 6) is 0.770. The van der Waals surface area contributed by atoms with Crippen LogP contribution in [-0.4, -0.2) is 26.9 Å². The third kappa shape index (κ3) is 1.64. The van der Waals surface area contributed by atoms with Gasteiger partial charge in [0.15, 0.2) is 5.52 Å². The maximum absolute atomic E-state index is 11.5. The molecule has 0 radical (unpaired) electrons. The Labute approximate surface area is 102 Å². The molecule has 0 aliphatic carbocycles. The average molecular weight is 242 g/mol. The molecule has 0 saturated carbocycles. The monoisotopic (exact) mass is 242 g/mol. The van der Waals surface area contributed by atoms with Crippen LogP contribution in [0.3, 0.4) is 0 Å². The minimum atomic E-state index is -0.243. The van der Waals surface area contributed by atoms with Crippen molar-refractivity contribution in [1.29, 1.82) is 0 Å². The lowest BCUT2D eigenvalue weighted by Crippen LogP contribution is -2.06. The molecule has 1 aromatic carbocycles. The van der Waals surface area contributed by atoms with Gasteiger partial charge in [0.05, 0.1) is 25.3 Å². The van der Waals surface area contributed by atoms with Gasteiger partial charge in [0.25, 0.3) is 5.56 Å². The second-order valence-electron chi connectivity index (χ2n) is 3.74. The number of ether oxygens (including phenoxy) is 1. The molecule has 2 aromatic heterocycles. The number of benzene rings is 1. The number of fused-ring (bicyclic) bond motifs is 1. The third-order valence-corrected chi connectivity index (χ3v) is 2.65. The molecule has 3 aromatic rings. The molecule has 0 amide bonds. The summed E-state index contributed by atoms with van der Waals surface area (Å²) in [5.41, 5.74) is 1.49. The van der Waals surface area contributed by atoms with Crippen LogP contribution in [0.5, 0.6) is 5.75 Å². The summed E-state index contributed by atoms with van der Waals surface area (Å²) in [4.78, 5) is 18.1. The van der Waals surface area contributed by atoms with E-state index >= 15 is 0 Å². The molecule has 0 aliphatic rings. The molecule has 1 N–H and O–H groups in total. The molecule has 0 bridgehead atoms. The van der Waals surface area contributed by atoms with Crippen molar-refractivity contribution in [3.63, 3.8) is 0 Å². The maximum atomic E-state index is 11.5. The fraction of sp³-hybridized carbons (Fsp3) is 0.0833. The lowest BCUT2D eigenvalue weighted by atomic mass is 10.3. The number of H-pyrrole nitrogens is 1. The maximum Gasteiger partial charge on any atom is 0.279 e. The van der Waals surface area contributed by atoms with E-state index in [4.69, 9.17) is 4.74 Å². The molecule has 0 atom stereocenters. The molecule has 6 heteroatoms. The van der Waals surface area contributed by atoms with Gasteiger partial charge in [-0.15, -0.1) is 0 Å². The van der Waals surface area contributed by atoms with E-state index in [1.54, 1.807) is 18.0 Å². The van der Waals surface area contributed by atoms with E-state index in [1.807, 2.05) is 24.3 Å². The molecule has 90 valence electrons. The highest BCUT2D eigenvalue weighted by molar-refractivity contribution is 5.72. The lowest BCUT2D eigenvalue weighted by molar-refractivity contribution is 0.414. The fourth-order valence-electron chi connectivity index (χ4n) is 1.72. The van der Waals surface area contributed by atoms with Crippen molar-refractivity contribution < 1.29 is 4.74 Å². The van der Waals surface area contributed by atoms with Crippen molar-refractivity contribution in [2.45, 2.75) is 0 Å². The van der Waals surface area contributed by atoms with Crippen LogP contribution in [0.15, 0.2) is 41.6 Å². The number of hydrogen-bond acceptors (Lipinski definition) is 4. The van der Waals surface area contributed by atoms with E-state index in [2.05, 4.69) is 15.1 Å². The molecule has 18 heavy (non-hydrogen) atoms. The van der Waals surface area contributed by atoms with Gasteiger partial charge >= 0.3 is 0 Å². The molecular weight excluding hydrogens is 232 g/mol. The molecule has 2 heterocycles. The molecule has 0 saturated heterocycles. The van der Waals surface area contributed by atoms with Gasteiger partial charge in [0.2, 0.25) is 0 Å². The zero-order chi connectivity index (χ0) is 12.5. The molecule has 0 fully saturated rings. The van der Waals surface area contributed by atoms with E-state index in [-0.39, 0.29) is 5.56 Å². The number of aromatic amines is 1. The third-order valence-electron chi connectivity index (χ3n) is 2.65. The minimum absolute atomic E-state index is 0.243. The SMILES string of the molecule is COc1ccc(-n2cc3nc[nH]c(=O)c3n2)cc1. The summed E-state index contributed by atoms with van der Waals surface area (Å²) < 4.78 is 6.70. The standard InChI is InChI=1S/C12H10N4O2/c1-18-9-4-2-8(3-5-9)16-6-10-11(15-16)12(17)14-7-13-10/h2-7H,1H3,(H,13,14,17). The van der Waals surface area contributed by atoms with Gasteiger partial charge < -0.3 is 9.72 Å². The molecular formula is C12H10N4O2. The van der Waals surface area contributed by atoms with Crippen molar-refractivity contribution >= 4 is 11.0 Å². The first-order chi connectivity index (χ1) is 8.78. The average Bonchev–Trinajstić information content (AvgIpc) is 2.84. The van der Waals surface area contributed by atoms with Gasteiger partial charge in [0.1, 0.15) is 11.3 Å². The second kappa shape index (κ2) is 3.99. The van der Waals surface area contributed by atoms with Crippen molar-refractivity contribution in [3.05, 3.63) is 47.1 Å². The van der Waals surface area contributed by atoms with Crippen LogP contribution in [0.4, 0.5) is 0 Å². The Kier molecular flexibility index (Phi) is 2.33. The van der Waals surface area contributed by atoms with Crippen LogP contribution in [0.1, 0.15) is 0 Å². The minimum Gasteiger partial charge on any atom is -0.497 e.